The minimum absolute atomic E-state index is 0.0591. The molecule has 0 spiro atoms. The Morgan fingerprint density at radius 3 is 3.00 bits per heavy atom. The summed E-state index contributed by atoms with van der Waals surface area (Å²) in [4.78, 5) is 0. The van der Waals surface area contributed by atoms with Gasteiger partial charge in [-0.2, -0.15) is 0 Å². The van der Waals surface area contributed by atoms with E-state index in [4.69, 9.17) is 22.3 Å². The number of nitrogen functional groups attached to an aromatic ring is 1. The van der Waals surface area contributed by atoms with Crippen molar-refractivity contribution in [1.82, 2.24) is 0 Å². The van der Waals surface area contributed by atoms with E-state index in [1.165, 1.54) is 0 Å². The van der Waals surface area contributed by atoms with Gasteiger partial charge in [-0.3, -0.25) is 5.41 Å². The van der Waals surface area contributed by atoms with E-state index in [1.807, 2.05) is 18.2 Å². The summed E-state index contributed by atoms with van der Waals surface area (Å²) in [5.41, 5.74) is 7.01. The Balaban J connectivity index is 2.65. The zero-order chi connectivity index (χ0) is 10.4. The number of nitrogens with one attached hydrogen (secondary N) is 1. The Bertz CT molecular complexity index is 366. The van der Waals surface area contributed by atoms with Gasteiger partial charge in [0, 0.05) is 5.56 Å². The molecule has 0 radical (unpaired) electrons. The molecule has 1 aromatic rings. The third-order valence-corrected chi connectivity index (χ3v) is 1.69. The van der Waals surface area contributed by atoms with Crippen LogP contribution in [0.25, 0.3) is 0 Å². The summed E-state index contributed by atoms with van der Waals surface area (Å²) in [6.07, 6.45) is 5.04. The summed E-state index contributed by atoms with van der Waals surface area (Å²) < 4.78 is 5.16. The van der Waals surface area contributed by atoms with Crippen molar-refractivity contribution in [2.45, 2.75) is 6.61 Å². The van der Waals surface area contributed by atoms with E-state index in [-0.39, 0.29) is 5.84 Å². The van der Waals surface area contributed by atoms with Crippen molar-refractivity contribution >= 4 is 5.84 Å². The molecule has 1 aromatic carbocycles. The second-order valence-electron chi connectivity index (χ2n) is 2.81. The molecule has 3 N–H and O–H groups in total. The molecule has 0 bridgehead atoms. The van der Waals surface area contributed by atoms with E-state index in [0.29, 0.717) is 18.8 Å². The Kier molecular flexibility index (Phi) is 3.71. The number of hydrogen-bond acceptors (Lipinski definition) is 2. The first kappa shape index (κ1) is 10.3. The average molecular weight is 188 g/mol. The molecule has 0 unspecified atom stereocenters. The number of terminal acetylenes is 1. The van der Waals surface area contributed by atoms with Crippen molar-refractivity contribution in [3.8, 4) is 12.3 Å². The lowest BCUT2D eigenvalue weighted by atomic mass is 10.1. The van der Waals surface area contributed by atoms with Crippen molar-refractivity contribution in [3.05, 3.63) is 35.4 Å². The monoisotopic (exact) mass is 188 g/mol. The van der Waals surface area contributed by atoms with Gasteiger partial charge in [-0.05, 0) is 11.6 Å². The molecule has 0 aliphatic rings. The Morgan fingerprint density at radius 2 is 2.36 bits per heavy atom. The van der Waals surface area contributed by atoms with Gasteiger partial charge in [0.1, 0.15) is 12.4 Å². The van der Waals surface area contributed by atoms with Crippen LogP contribution in [0.4, 0.5) is 0 Å². The molecule has 3 nitrogen and oxygen atoms in total. The fourth-order valence-electron chi connectivity index (χ4n) is 1.06. The molecule has 0 aliphatic heterocycles. The van der Waals surface area contributed by atoms with Gasteiger partial charge >= 0.3 is 0 Å². The second kappa shape index (κ2) is 5.05. The van der Waals surface area contributed by atoms with Gasteiger partial charge < -0.3 is 10.5 Å². The lowest BCUT2D eigenvalue weighted by Crippen LogP contribution is -2.11. The van der Waals surface area contributed by atoms with Gasteiger partial charge in [0.15, 0.2) is 0 Å². The molecule has 0 saturated carbocycles. The van der Waals surface area contributed by atoms with Crippen LogP contribution in [-0.2, 0) is 11.3 Å². The minimum atomic E-state index is 0.0591. The normalized spacial score (nSPS) is 9.36. The second-order valence-corrected chi connectivity index (χ2v) is 2.81. The first-order valence-corrected chi connectivity index (χ1v) is 4.18. The van der Waals surface area contributed by atoms with Crippen LogP contribution in [0.1, 0.15) is 11.1 Å². The fraction of sp³-hybridized carbons (Fsp3) is 0.182. The van der Waals surface area contributed by atoms with Crippen molar-refractivity contribution in [2.24, 2.45) is 5.73 Å². The maximum atomic E-state index is 7.25. The summed E-state index contributed by atoms with van der Waals surface area (Å²) in [5, 5.41) is 7.25. The molecule has 0 atom stereocenters. The largest absolute Gasteiger partial charge is 0.384 e. The van der Waals surface area contributed by atoms with Crippen LogP contribution in [-0.4, -0.2) is 12.4 Å². The summed E-state index contributed by atoms with van der Waals surface area (Å²) >= 11 is 0. The molecule has 14 heavy (non-hydrogen) atoms. The fourth-order valence-corrected chi connectivity index (χ4v) is 1.06. The van der Waals surface area contributed by atoms with E-state index < -0.39 is 0 Å². The molecule has 1 rings (SSSR count). The third kappa shape index (κ3) is 2.92. The molecule has 0 saturated heterocycles. The Hall–Kier alpha value is -1.79. The summed E-state index contributed by atoms with van der Waals surface area (Å²) in [6, 6.07) is 7.35. The van der Waals surface area contributed by atoms with E-state index in [1.54, 1.807) is 6.07 Å². The van der Waals surface area contributed by atoms with Crippen molar-refractivity contribution in [1.29, 1.82) is 5.41 Å². The van der Waals surface area contributed by atoms with Crippen LogP contribution in [0.2, 0.25) is 0 Å². The van der Waals surface area contributed by atoms with Gasteiger partial charge in [0.25, 0.3) is 0 Å². The van der Waals surface area contributed by atoms with Gasteiger partial charge in [-0.1, -0.05) is 24.1 Å². The molecule has 0 aromatic heterocycles. The van der Waals surface area contributed by atoms with Gasteiger partial charge in [-0.25, -0.2) is 0 Å². The minimum Gasteiger partial charge on any atom is -0.384 e. The molecule has 0 fully saturated rings. The van der Waals surface area contributed by atoms with Gasteiger partial charge in [0.2, 0.25) is 0 Å². The molecule has 3 heteroatoms. The van der Waals surface area contributed by atoms with Crippen molar-refractivity contribution in [3.63, 3.8) is 0 Å². The van der Waals surface area contributed by atoms with Crippen LogP contribution in [0.3, 0.4) is 0 Å². The number of ether oxygens (including phenoxy) is 1. The van der Waals surface area contributed by atoms with E-state index in [0.717, 1.165) is 5.56 Å². The summed E-state index contributed by atoms with van der Waals surface area (Å²) in [7, 11) is 0. The van der Waals surface area contributed by atoms with Crippen molar-refractivity contribution < 1.29 is 4.74 Å². The molecular formula is C11H12N2O. The molecule has 0 amide bonds. The molecule has 0 heterocycles. The average Bonchev–Trinajstić information content (AvgIpc) is 2.19. The topological polar surface area (TPSA) is 59.1 Å². The van der Waals surface area contributed by atoms with Gasteiger partial charge in [-0.15, -0.1) is 6.42 Å². The summed E-state index contributed by atoms with van der Waals surface area (Å²) in [5.74, 6) is 2.45. The maximum absolute atomic E-state index is 7.25. The predicted molar refractivity (Wildman–Crippen MR) is 55.9 cm³/mol. The highest BCUT2D eigenvalue weighted by Gasteiger charge is 1.97. The SMILES string of the molecule is C#CCOCc1cccc(C(=N)N)c1. The highest BCUT2D eigenvalue weighted by molar-refractivity contribution is 5.95. The highest BCUT2D eigenvalue weighted by Crippen LogP contribution is 2.05. The highest BCUT2D eigenvalue weighted by atomic mass is 16.5. The van der Waals surface area contributed by atoms with Crippen molar-refractivity contribution in [2.75, 3.05) is 6.61 Å². The van der Waals surface area contributed by atoms with E-state index in [9.17, 15) is 0 Å². The Morgan fingerprint density at radius 1 is 1.57 bits per heavy atom. The van der Waals surface area contributed by atoms with Crippen LogP contribution in [0.5, 0.6) is 0 Å². The number of amidine groups is 1. The zero-order valence-corrected chi connectivity index (χ0v) is 7.79. The number of benzene rings is 1. The van der Waals surface area contributed by atoms with E-state index >= 15 is 0 Å². The lowest BCUT2D eigenvalue weighted by molar-refractivity contribution is 0.153. The zero-order valence-electron chi connectivity index (χ0n) is 7.79. The maximum Gasteiger partial charge on any atom is 0.122 e. The molecular weight excluding hydrogens is 176 g/mol. The first-order valence-electron chi connectivity index (χ1n) is 4.18. The van der Waals surface area contributed by atoms with E-state index in [2.05, 4.69) is 5.92 Å². The van der Waals surface area contributed by atoms with Crippen LogP contribution < -0.4 is 5.73 Å². The summed E-state index contributed by atoms with van der Waals surface area (Å²) in [6.45, 7) is 0.746. The van der Waals surface area contributed by atoms with Crippen LogP contribution in [0.15, 0.2) is 24.3 Å². The molecule has 0 aliphatic carbocycles. The smallest absolute Gasteiger partial charge is 0.122 e. The standard InChI is InChI=1S/C11H12N2O/c1-2-6-14-8-9-4-3-5-10(7-9)11(12)13/h1,3-5,7H,6,8H2,(H3,12,13). The van der Waals surface area contributed by atoms with Gasteiger partial charge in [0.05, 0.1) is 6.61 Å². The number of nitrogens with two attached hydrogens (primary N) is 1. The van der Waals surface area contributed by atoms with Crippen LogP contribution >= 0.6 is 0 Å². The first-order chi connectivity index (χ1) is 6.74. The molecule has 72 valence electrons. The van der Waals surface area contributed by atoms with Crippen LogP contribution in [0, 0.1) is 17.8 Å². The quantitative estimate of drug-likeness (QED) is 0.322. The third-order valence-electron chi connectivity index (χ3n) is 1.69. The predicted octanol–water partition coefficient (Wildman–Crippen LogP) is 1.12. The number of hydrogen-bond donors (Lipinski definition) is 2. The Labute approximate surface area is 83.4 Å². The number of rotatable bonds is 4. The lowest BCUT2D eigenvalue weighted by Gasteiger charge is -2.03.